The second-order valence-corrected chi connectivity index (χ2v) is 4.13. The first kappa shape index (κ1) is 10.7. The van der Waals surface area contributed by atoms with E-state index in [-0.39, 0.29) is 0 Å². The van der Waals surface area contributed by atoms with Crippen LogP contribution in [0.4, 0.5) is 0 Å². The molecule has 2 heterocycles. The van der Waals surface area contributed by atoms with Crippen molar-refractivity contribution in [2.24, 2.45) is 0 Å². The number of piperazine rings is 1. The molecular formula is C12H20N2O. The van der Waals surface area contributed by atoms with Crippen LogP contribution in [0.15, 0.2) is 22.8 Å². The highest BCUT2D eigenvalue weighted by atomic mass is 16.3. The Morgan fingerprint density at radius 1 is 1.60 bits per heavy atom. The molecule has 1 atom stereocenters. The molecule has 1 saturated heterocycles. The lowest BCUT2D eigenvalue weighted by atomic mass is 10.1. The highest BCUT2D eigenvalue weighted by Gasteiger charge is 2.19. The first-order valence-corrected chi connectivity index (χ1v) is 5.87. The monoisotopic (exact) mass is 208 g/mol. The summed E-state index contributed by atoms with van der Waals surface area (Å²) in [6, 6.07) is 4.72. The van der Waals surface area contributed by atoms with Crippen LogP contribution < -0.4 is 5.32 Å². The molecule has 0 radical (unpaired) electrons. The van der Waals surface area contributed by atoms with Crippen molar-refractivity contribution >= 4 is 0 Å². The zero-order chi connectivity index (χ0) is 10.5. The Morgan fingerprint density at radius 3 is 3.27 bits per heavy atom. The highest BCUT2D eigenvalue weighted by molar-refractivity contribution is 4.98. The van der Waals surface area contributed by atoms with E-state index >= 15 is 0 Å². The van der Waals surface area contributed by atoms with Crippen molar-refractivity contribution in [2.75, 3.05) is 26.2 Å². The molecule has 15 heavy (non-hydrogen) atoms. The molecule has 1 N–H and O–H groups in total. The highest BCUT2D eigenvalue weighted by Crippen LogP contribution is 2.09. The minimum Gasteiger partial charge on any atom is -0.469 e. The van der Waals surface area contributed by atoms with Gasteiger partial charge in [-0.05, 0) is 18.6 Å². The maximum atomic E-state index is 5.35. The summed E-state index contributed by atoms with van der Waals surface area (Å²) >= 11 is 0. The third-order valence-corrected chi connectivity index (χ3v) is 3.17. The van der Waals surface area contributed by atoms with Crippen LogP contribution in [0.5, 0.6) is 0 Å². The summed E-state index contributed by atoms with van der Waals surface area (Å²) in [5.41, 5.74) is 0. The average Bonchev–Trinajstić information content (AvgIpc) is 2.79. The van der Waals surface area contributed by atoms with Gasteiger partial charge in [-0.1, -0.05) is 6.92 Å². The molecule has 2 rings (SSSR count). The molecule has 0 amide bonds. The van der Waals surface area contributed by atoms with Gasteiger partial charge in [-0.2, -0.15) is 0 Å². The normalized spacial score (nSPS) is 23.1. The molecule has 1 aliphatic heterocycles. The van der Waals surface area contributed by atoms with Crippen molar-refractivity contribution in [2.45, 2.75) is 25.8 Å². The van der Waals surface area contributed by atoms with Crippen LogP contribution in [0.25, 0.3) is 0 Å². The molecule has 1 aliphatic rings. The lowest BCUT2D eigenvalue weighted by molar-refractivity contribution is 0.156. The van der Waals surface area contributed by atoms with E-state index in [4.69, 9.17) is 4.42 Å². The van der Waals surface area contributed by atoms with Crippen molar-refractivity contribution in [3.05, 3.63) is 24.2 Å². The van der Waals surface area contributed by atoms with Crippen LogP contribution in [-0.2, 0) is 6.42 Å². The number of furan rings is 1. The molecule has 1 fully saturated rings. The Kier molecular flexibility index (Phi) is 3.80. The van der Waals surface area contributed by atoms with Gasteiger partial charge in [-0.3, -0.25) is 4.90 Å². The molecule has 1 aromatic heterocycles. The van der Waals surface area contributed by atoms with Crippen LogP contribution in [0.3, 0.4) is 0 Å². The van der Waals surface area contributed by atoms with Gasteiger partial charge >= 0.3 is 0 Å². The summed E-state index contributed by atoms with van der Waals surface area (Å²) in [4.78, 5) is 2.57. The number of rotatable bonds is 4. The topological polar surface area (TPSA) is 28.4 Å². The number of hydrogen-bond acceptors (Lipinski definition) is 3. The Hall–Kier alpha value is -0.800. The number of hydrogen-bond donors (Lipinski definition) is 1. The lowest BCUT2D eigenvalue weighted by Gasteiger charge is -2.35. The van der Waals surface area contributed by atoms with Crippen LogP contribution in [0, 0.1) is 0 Å². The molecule has 3 nitrogen and oxygen atoms in total. The molecule has 0 bridgehead atoms. The van der Waals surface area contributed by atoms with Gasteiger partial charge in [0.15, 0.2) is 0 Å². The van der Waals surface area contributed by atoms with E-state index < -0.39 is 0 Å². The third kappa shape index (κ3) is 2.83. The van der Waals surface area contributed by atoms with Crippen molar-refractivity contribution in [1.29, 1.82) is 0 Å². The molecule has 1 aromatic rings. The fourth-order valence-electron chi connectivity index (χ4n) is 2.21. The second-order valence-electron chi connectivity index (χ2n) is 4.13. The molecule has 0 spiro atoms. The van der Waals surface area contributed by atoms with Gasteiger partial charge < -0.3 is 9.73 Å². The predicted octanol–water partition coefficient (Wildman–Crippen LogP) is 1.51. The SMILES string of the molecule is CCC1CNCCN1CCc1ccco1. The molecular weight excluding hydrogens is 188 g/mol. The van der Waals surface area contributed by atoms with Gasteiger partial charge in [0.1, 0.15) is 5.76 Å². The fraction of sp³-hybridized carbons (Fsp3) is 0.667. The number of nitrogens with one attached hydrogen (secondary N) is 1. The van der Waals surface area contributed by atoms with Crippen molar-refractivity contribution < 1.29 is 4.42 Å². The van der Waals surface area contributed by atoms with Crippen molar-refractivity contribution in [3.63, 3.8) is 0 Å². The Bertz CT molecular complexity index is 271. The zero-order valence-corrected chi connectivity index (χ0v) is 9.41. The summed E-state index contributed by atoms with van der Waals surface area (Å²) in [5.74, 6) is 1.10. The molecule has 3 heteroatoms. The molecule has 0 saturated carbocycles. The third-order valence-electron chi connectivity index (χ3n) is 3.17. The fourth-order valence-corrected chi connectivity index (χ4v) is 2.21. The molecule has 84 valence electrons. The maximum Gasteiger partial charge on any atom is 0.105 e. The lowest BCUT2D eigenvalue weighted by Crippen LogP contribution is -2.51. The quantitative estimate of drug-likeness (QED) is 0.813. The van der Waals surface area contributed by atoms with Crippen LogP contribution in [-0.4, -0.2) is 37.1 Å². The second kappa shape index (κ2) is 5.33. The van der Waals surface area contributed by atoms with E-state index in [2.05, 4.69) is 23.2 Å². The van der Waals surface area contributed by atoms with E-state index in [0.717, 1.165) is 31.8 Å². The van der Waals surface area contributed by atoms with Gasteiger partial charge in [-0.25, -0.2) is 0 Å². The summed E-state index contributed by atoms with van der Waals surface area (Å²) in [7, 11) is 0. The molecule has 1 unspecified atom stereocenters. The largest absolute Gasteiger partial charge is 0.469 e. The maximum absolute atomic E-state index is 5.35. The van der Waals surface area contributed by atoms with Crippen LogP contribution in [0.1, 0.15) is 19.1 Å². The predicted molar refractivity (Wildman–Crippen MR) is 60.9 cm³/mol. The summed E-state index contributed by atoms with van der Waals surface area (Å²) < 4.78 is 5.35. The summed E-state index contributed by atoms with van der Waals surface area (Å²) in [6.07, 6.45) is 4.01. The Balaban J connectivity index is 1.81. The Labute approximate surface area is 91.4 Å². The zero-order valence-electron chi connectivity index (χ0n) is 9.41. The minimum absolute atomic E-state index is 0.703. The summed E-state index contributed by atoms with van der Waals surface area (Å²) in [5, 5.41) is 3.44. The Morgan fingerprint density at radius 2 is 2.53 bits per heavy atom. The van der Waals surface area contributed by atoms with Gasteiger partial charge in [0, 0.05) is 38.6 Å². The van der Waals surface area contributed by atoms with Crippen molar-refractivity contribution in [1.82, 2.24) is 10.2 Å². The van der Waals surface area contributed by atoms with Crippen molar-refractivity contribution in [3.8, 4) is 0 Å². The first-order chi connectivity index (χ1) is 7.40. The summed E-state index contributed by atoms with van der Waals surface area (Å²) in [6.45, 7) is 6.80. The van der Waals surface area contributed by atoms with E-state index in [1.54, 1.807) is 6.26 Å². The van der Waals surface area contributed by atoms with E-state index in [9.17, 15) is 0 Å². The standard InChI is InChI=1S/C12H20N2O/c1-2-11-10-13-6-8-14(11)7-5-12-4-3-9-15-12/h3-4,9,11,13H,2,5-8,10H2,1H3. The van der Waals surface area contributed by atoms with Crippen LogP contribution >= 0.6 is 0 Å². The average molecular weight is 208 g/mol. The minimum atomic E-state index is 0.703. The van der Waals surface area contributed by atoms with E-state index in [1.165, 1.54) is 13.0 Å². The van der Waals surface area contributed by atoms with Gasteiger partial charge in [0.25, 0.3) is 0 Å². The van der Waals surface area contributed by atoms with Gasteiger partial charge in [-0.15, -0.1) is 0 Å². The van der Waals surface area contributed by atoms with Gasteiger partial charge in [0.05, 0.1) is 6.26 Å². The first-order valence-electron chi connectivity index (χ1n) is 5.87. The van der Waals surface area contributed by atoms with E-state index in [1.807, 2.05) is 6.07 Å². The number of nitrogens with zero attached hydrogens (tertiary/aromatic N) is 1. The smallest absolute Gasteiger partial charge is 0.105 e. The van der Waals surface area contributed by atoms with Crippen LogP contribution in [0.2, 0.25) is 0 Å². The van der Waals surface area contributed by atoms with Gasteiger partial charge in [0.2, 0.25) is 0 Å². The van der Waals surface area contributed by atoms with E-state index in [0.29, 0.717) is 6.04 Å². The molecule has 0 aromatic carbocycles. The molecule has 0 aliphatic carbocycles.